The molecular formula is C11H10N6OS. The Hall–Kier alpha value is -2.35. The molecule has 3 rings (SSSR count). The highest BCUT2D eigenvalue weighted by Gasteiger charge is 2.08. The lowest BCUT2D eigenvalue weighted by atomic mass is 10.3. The summed E-state index contributed by atoms with van der Waals surface area (Å²) in [6.07, 6.45) is 6.85. The Balaban J connectivity index is 1.59. The van der Waals surface area contributed by atoms with Crippen LogP contribution in [0.4, 0.5) is 0 Å². The Morgan fingerprint density at radius 1 is 1.42 bits per heavy atom. The van der Waals surface area contributed by atoms with Gasteiger partial charge in [-0.3, -0.25) is 14.2 Å². The molecule has 0 atom stereocenters. The van der Waals surface area contributed by atoms with Crippen molar-refractivity contribution >= 4 is 22.2 Å². The Morgan fingerprint density at radius 3 is 3.21 bits per heavy atom. The quantitative estimate of drug-likeness (QED) is 0.751. The Kier molecular flexibility index (Phi) is 3.15. The molecule has 1 N–H and O–H groups in total. The zero-order chi connectivity index (χ0) is 13.1. The van der Waals surface area contributed by atoms with E-state index in [4.69, 9.17) is 0 Å². The third kappa shape index (κ3) is 2.43. The van der Waals surface area contributed by atoms with Crippen LogP contribution in [0.25, 0.3) is 4.96 Å². The number of hydrogen-bond acceptors (Lipinski definition) is 6. The number of carbonyl (C=O) groups excluding carboxylic acids is 1. The minimum absolute atomic E-state index is 0.219. The molecule has 96 valence electrons. The zero-order valence-corrected chi connectivity index (χ0v) is 10.7. The second-order valence-electron chi connectivity index (χ2n) is 3.81. The second-order valence-corrected chi connectivity index (χ2v) is 4.64. The average Bonchev–Trinajstić information content (AvgIpc) is 3.04. The number of thiazole rings is 1. The molecule has 7 nitrogen and oxygen atoms in total. The molecule has 3 heterocycles. The van der Waals surface area contributed by atoms with E-state index in [-0.39, 0.29) is 5.91 Å². The molecule has 0 aliphatic rings. The Bertz CT molecular complexity index is 691. The van der Waals surface area contributed by atoms with Crippen LogP contribution in [0.15, 0.2) is 30.3 Å². The third-order valence-electron chi connectivity index (χ3n) is 2.59. The van der Waals surface area contributed by atoms with Crippen LogP contribution in [0, 0.1) is 0 Å². The number of amides is 1. The normalized spacial score (nSPS) is 10.7. The fourth-order valence-corrected chi connectivity index (χ4v) is 2.51. The van der Waals surface area contributed by atoms with Crippen molar-refractivity contribution in [3.8, 4) is 0 Å². The van der Waals surface area contributed by atoms with Crippen molar-refractivity contribution in [1.29, 1.82) is 0 Å². The lowest BCUT2D eigenvalue weighted by Crippen LogP contribution is -2.26. The molecule has 3 aromatic rings. The second kappa shape index (κ2) is 5.11. The summed E-state index contributed by atoms with van der Waals surface area (Å²) in [6.45, 7) is 0.527. The van der Waals surface area contributed by atoms with Gasteiger partial charge in [-0.25, -0.2) is 4.98 Å². The lowest BCUT2D eigenvalue weighted by molar-refractivity contribution is 0.0948. The van der Waals surface area contributed by atoms with E-state index >= 15 is 0 Å². The summed E-state index contributed by atoms with van der Waals surface area (Å²) in [5.74, 6) is -0.219. The molecular weight excluding hydrogens is 264 g/mol. The highest BCUT2D eigenvalue weighted by Crippen LogP contribution is 2.13. The largest absolute Gasteiger partial charge is 0.350 e. The van der Waals surface area contributed by atoms with Crippen molar-refractivity contribution in [3.05, 3.63) is 41.7 Å². The van der Waals surface area contributed by atoms with Gasteiger partial charge in [0.05, 0.1) is 6.20 Å². The standard InChI is InChI=1S/C11H10N6OS/c18-10(9-5-12-3-4-13-9)14-2-1-8-6-19-11-16-15-7-17(8)11/h3-7H,1-2H2,(H,14,18). The molecule has 0 aliphatic heterocycles. The van der Waals surface area contributed by atoms with Gasteiger partial charge in [0, 0.05) is 36.4 Å². The molecule has 0 saturated heterocycles. The van der Waals surface area contributed by atoms with Gasteiger partial charge in [0.15, 0.2) is 0 Å². The molecule has 0 bridgehead atoms. The van der Waals surface area contributed by atoms with E-state index in [1.165, 1.54) is 29.9 Å². The van der Waals surface area contributed by atoms with Crippen molar-refractivity contribution in [3.63, 3.8) is 0 Å². The summed E-state index contributed by atoms with van der Waals surface area (Å²) < 4.78 is 1.92. The summed E-state index contributed by atoms with van der Waals surface area (Å²) >= 11 is 1.53. The number of carbonyl (C=O) groups is 1. The predicted molar refractivity (Wildman–Crippen MR) is 68.9 cm³/mol. The molecule has 0 fully saturated rings. The lowest BCUT2D eigenvalue weighted by Gasteiger charge is -2.03. The van der Waals surface area contributed by atoms with Crippen LogP contribution in [0.2, 0.25) is 0 Å². The maximum absolute atomic E-state index is 11.7. The van der Waals surface area contributed by atoms with Crippen molar-refractivity contribution in [2.75, 3.05) is 6.54 Å². The first kappa shape index (κ1) is 11.7. The van der Waals surface area contributed by atoms with E-state index in [1.807, 2.05) is 9.78 Å². The van der Waals surface area contributed by atoms with Gasteiger partial charge in [-0.15, -0.1) is 21.5 Å². The molecule has 0 unspecified atom stereocenters. The topological polar surface area (TPSA) is 85.1 Å². The van der Waals surface area contributed by atoms with Gasteiger partial charge < -0.3 is 5.32 Å². The first-order valence-electron chi connectivity index (χ1n) is 5.65. The smallest absolute Gasteiger partial charge is 0.271 e. The minimum atomic E-state index is -0.219. The van der Waals surface area contributed by atoms with Crippen LogP contribution in [-0.2, 0) is 6.42 Å². The zero-order valence-electron chi connectivity index (χ0n) is 9.85. The summed E-state index contributed by atoms with van der Waals surface area (Å²) in [6, 6.07) is 0. The number of hydrogen-bond donors (Lipinski definition) is 1. The maximum atomic E-state index is 11.7. The summed E-state index contributed by atoms with van der Waals surface area (Å²) in [5, 5.41) is 12.6. The number of aromatic nitrogens is 5. The van der Waals surface area contributed by atoms with Crippen molar-refractivity contribution in [2.24, 2.45) is 0 Å². The highest BCUT2D eigenvalue weighted by atomic mass is 32.1. The van der Waals surface area contributed by atoms with Gasteiger partial charge in [0.25, 0.3) is 5.91 Å². The highest BCUT2D eigenvalue weighted by molar-refractivity contribution is 7.15. The number of rotatable bonds is 4. The first-order chi connectivity index (χ1) is 9.34. The molecule has 0 aliphatic carbocycles. The van der Waals surface area contributed by atoms with Crippen LogP contribution in [0.1, 0.15) is 16.2 Å². The van der Waals surface area contributed by atoms with E-state index in [0.29, 0.717) is 18.7 Å². The van der Waals surface area contributed by atoms with E-state index in [1.54, 1.807) is 6.33 Å². The predicted octanol–water partition coefficient (Wildman–Crippen LogP) is 0.553. The molecule has 1 amide bonds. The molecule has 0 aromatic carbocycles. The van der Waals surface area contributed by atoms with Gasteiger partial charge in [0.2, 0.25) is 4.96 Å². The van der Waals surface area contributed by atoms with Crippen LogP contribution in [-0.4, -0.2) is 37.0 Å². The molecule has 8 heteroatoms. The molecule has 0 radical (unpaired) electrons. The number of nitrogens with one attached hydrogen (secondary N) is 1. The van der Waals surface area contributed by atoms with E-state index in [0.717, 1.165) is 10.7 Å². The van der Waals surface area contributed by atoms with Crippen molar-refractivity contribution < 1.29 is 4.79 Å². The van der Waals surface area contributed by atoms with E-state index in [9.17, 15) is 4.79 Å². The molecule has 19 heavy (non-hydrogen) atoms. The fraction of sp³-hybridized carbons (Fsp3) is 0.182. The fourth-order valence-electron chi connectivity index (χ4n) is 1.67. The third-order valence-corrected chi connectivity index (χ3v) is 3.47. The van der Waals surface area contributed by atoms with Gasteiger partial charge in [-0.1, -0.05) is 0 Å². The minimum Gasteiger partial charge on any atom is -0.350 e. The number of nitrogens with zero attached hydrogens (tertiary/aromatic N) is 5. The average molecular weight is 274 g/mol. The van der Waals surface area contributed by atoms with E-state index < -0.39 is 0 Å². The van der Waals surface area contributed by atoms with Crippen LogP contribution < -0.4 is 5.32 Å². The van der Waals surface area contributed by atoms with Crippen LogP contribution in [0.3, 0.4) is 0 Å². The van der Waals surface area contributed by atoms with Gasteiger partial charge in [0.1, 0.15) is 12.0 Å². The van der Waals surface area contributed by atoms with Crippen molar-refractivity contribution in [1.82, 2.24) is 29.9 Å². The first-order valence-corrected chi connectivity index (χ1v) is 6.53. The van der Waals surface area contributed by atoms with Crippen LogP contribution in [0.5, 0.6) is 0 Å². The summed E-state index contributed by atoms with van der Waals surface area (Å²) in [5.41, 5.74) is 1.40. The monoisotopic (exact) mass is 274 g/mol. The molecule has 0 spiro atoms. The SMILES string of the molecule is O=C(NCCc1csc2nncn12)c1cnccn1. The number of fused-ring (bicyclic) bond motifs is 1. The Morgan fingerprint density at radius 2 is 2.37 bits per heavy atom. The Labute approximate surface area is 112 Å². The van der Waals surface area contributed by atoms with Gasteiger partial charge >= 0.3 is 0 Å². The van der Waals surface area contributed by atoms with E-state index in [2.05, 4.69) is 25.5 Å². The molecule has 3 aromatic heterocycles. The summed E-state index contributed by atoms with van der Waals surface area (Å²) in [4.78, 5) is 20.4. The van der Waals surface area contributed by atoms with Gasteiger partial charge in [-0.2, -0.15) is 0 Å². The van der Waals surface area contributed by atoms with Gasteiger partial charge in [-0.05, 0) is 0 Å². The maximum Gasteiger partial charge on any atom is 0.271 e. The summed E-state index contributed by atoms with van der Waals surface area (Å²) in [7, 11) is 0. The van der Waals surface area contributed by atoms with Crippen molar-refractivity contribution in [2.45, 2.75) is 6.42 Å². The molecule has 0 saturated carbocycles. The van der Waals surface area contributed by atoms with Crippen LogP contribution >= 0.6 is 11.3 Å².